The molecule has 1 heterocycles. The standard InChI is InChI=1S/C14H16ClIN2O3/c1-7-3-9(15)4-10(16)12(7)13(19)18-5-8(2)11(6-18)17-14(20)21/h3-4,8,11,17H,5-6H2,1-2H3,(H,20,21)/t8-,11+/m0/s1. The first-order chi connectivity index (χ1) is 9.79. The van der Waals surface area contributed by atoms with Gasteiger partial charge in [0.05, 0.1) is 11.6 Å². The lowest BCUT2D eigenvalue weighted by Crippen LogP contribution is -2.39. The third kappa shape index (κ3) is 3.60. The Balaban J connectivity index is 2.20. The molecule has 21 heavy (non-hydrogen) atoms. The largest absolute Gasteiger partial charge is 0.465 e. The fourth-order valence-corrected chi connectivity index (χ4v) is 4.06. The Hall–Kier alpha value is -1.02. The van der Waals surface area contributed by atoms with Gasteiger partial charge in [-0.15, -0.1) is 0 Å². The molecule has 7 heteroatoms. The molecule has 0 aliphatic carbocycles. The van der Waals surface area contributed by atoms with E-state index in [1.54, 1.807) is 17.0 Å². The fourth-order valence-electron chi connectivity index (χ4n) is 2.61. The van der Waals surface area contributed by atoms with Gasteiger partial charge in [-0.2, -0.15) is 0 Å². The summed E-state index contributed by atoms with van der Waals surface area (Å²) in [5.41, 5.74) is 1.47. The Morgan fingerprint density at radius 2 is 2.10 bits per heavy atom. The molecular weight excluding hydrogens is 407 g/mol. The monoisotopic (exact) mass is 422 g/mol. The second-order valence-corrected chi connectivity index (χ2v) is 6.92. The number of carbonyl (C=O) groups is 2. The van der Waals surface area contributed by atoms with E-state index in [1.165, 1.54) is 0 Å². The molecule has 1 aromatic rings. The van der Waals surface area contributed by atoms with Crippen LogP contribution in [-0.2, 0) is 0 Å². The van der Waals surface area contributed by atoms with Crippen LogP contribution in [0.15, 0.2) is 12.1 Å². The summed E-state index contributed by atoms with van der Waals surface area (Å²) in [7, 11) is 0. The SMILES string of the molecule is Cc1cc(Cl)cc(I)c1C(=O)N1C[C@H](C)[C@H](NC(=O)O)C1. The van der Waals surface area contributed by atoms with Crippen molar-refractivity contribution in [2.75, 3.05) is 13.1 Å². The van der Waals surface area contributed by atoms with Crippen LogP contribution in [0.1, 0.15) is 22.8 Å². The van der Waals surface area contributed by atoms with Crippen molar-refractivity contribution in [2.45, 2.75) is 19.9 Å². The Kier molecular flexibility index (Phi) is 4.98. The number of carboxylic acid groups (broad SMARTS) is 1. The molecule has 0 radical (unpaired) electrons. The number of aryl methyl sites for hydroxylation is 1. The van der Waals surface area contributed by atoms with Crippen LogP contribution in [0.25, 0.3) is 0 Å². The first-order valence-electron chi connectivity index (χ1n) is 6.54. The van der Waals surface area contributed by atoms with Crippen molar-refractivity contribution >= 4 is 46.2 Å². The summed E-state index contributed by atoms with van der Waals surface area (Å²) in [4.78, 5) is 25.1. The maximum Gasteiger partial charge on any atom is 0.404 e. The number of hydrogen-bond donors (Lipinski definition) is 2. The molecule has 0 unspecified atom stereocenters. The topological polar surface area (TPSA) is 69.6 Å². The number of amides is 2. The Morgan fingerprint density at radius 1 is 1.43 bits per heavy atom. The number of likely N-dealkylation sites (tertiary alicyclic amines) is 1. The Morgan fingerprint density at radius 3 is 2.67 bits per heavy atom. The highest BCUT2D eigenvalue weighted by Gasteiger charge is 2.34. The van der Waals surface area contributed by atoms with E-state index in [9.17, 15) is 9.59 Å². The van der Waals surface area contributed by atoms with Crippen molar-refractivity contribution in [1.29, 1.82) is 0 Å². The normalized spacial score (nSPS) is 21.4. The fraction of sp³-hybridized carbons (Fsp3) is 0.429. The highest BCUT2D eigenvalue weighted by atomic mass is 127. The third-order valence-corrected chi connectivity index (χ3v) is 4.74. The van der Waals surface area contributed by atoms with Gasteiger partial charge in [-0.05, 0) is 53.1 Å². The molecule has 2 rings (SSSR count). The number of benzene rings is 1. The number of carbonyl (C=O) groups excluding carboxylic acids is 1. The maximum atomic E-state index is 12.7. The molecule has 0 saturated carbocycles. The maximum absolute atomic E-state index is 12.7. The van der Waals surface area contributed by atoms with Crippen LogP contribution in [0.2, 0.25) is 5.02 Å². The van der Waals surface area contributed by atoms with Crippen LogP contribution in [0, 0.1) is 16.4 Å². The summed E-state index contributed by atoms with van der Waals surface area (Å²) in [6.45, 7) is 4.73. The van der Waals surface area contributed by atoms with Gasteiger partial charge in [-0.1, -0.05) is 18.5 Å². The number of nitrogens with one attached hydrogen (secondary N) is 1. The van der Waals surface area contributed by atoms with Crippen molar-refractivity contribution in [3.05, 3.63) is 31.9 Å². The van der Waals surface area contributed by atoms with Crippen LogP contribution in [0.3, 0.4) is 0 Å². The van der Waals surface area contributed by atoms with Crippen molar-refractivity contribution in [3.8, 4) is 0 Å². The van der Waals surface area contributed by atoms with Gasteiger partial charge < -0.3 is 15.3 Å². The zero-order valence-electron chi connectivity index (χ0n) is 11.7. The van der Waals surface area contributed by atoms with Crippen LogP contribution in [0.4, 0.5) is 4.79 Å². The lowest BCUT2D eigenvalue weighted by molar-refractivity contribution is 0.0783. The molecule has 2 amide bonds. The van der Waals surface area contributed by atoms with E-state index >= 15 is 0 Å². The van der Waals surface area contributed by atoms with E-state index in [2.05, 4.69) is 27.9 Å². The van der Waals surface area contributed by atoms with Crippen LogP contribution >= 0.6 is 34.2 Å². The van der Waals surface area contributed by atoms with E-state index in [4.69, 9.17) is 16.7 Å². The summed E-state index contributed by atoms with van der Waals surface area (Å²) >= 11 is 8.09. The summed E-state index contributed by atoms with van der Waals surface area (Å²) in [6, 6.07) is 3.30. The lowest BCUT2D eigenvalue weighted by Gasteiger charge is -2.19. The smallest absolute Gasteiger partial charge is 0.404 e. The van der Waals surface area contributed by atoms with Gasteiger partial charge in [0.2, 0.25) is 0 Å². The molecule has 1 fully saturated rings. The predicted molar refractivity (Wildman–Crippen MR) is 88.9 cm³/mol. The van der Waals surface area contributed by atoms with Crippen LogP contribution < -0.4 is 5.32 Å². The van der Waals surface area contributed by atoms with Crippen molar-refractivity contribution in [1.82, 2.24) is 10.2 Å². The van der Waals surface area contributed by atoms with Gasteiger partial charge >= 0.3 is 6.09 Å². The molecule has 0 bridgehead atoms. The quantitative estimate of drug-likeness (QED) is 0.720. The van der Waals surface area contributed by atoms with E-state index in [1.807, 2.05) is 13.8 Å². The van der Waals surface area contributed by atoms with Gasteiger partial charge in [0, 0.05) is 21.7 Å². The van der Waals surface area contributed by atoms with Gasteiger partial charge in [-0.3, -0.25) is 4.79 Å². The minimum absolute atomic E-state index is 0.0740. The number of rotatable bonds is 2. The molecule has 114 valence electrons. The third-order valence-electron chi connectivity index (χ3n) is 3.67. The van der Waals surface area contributed by atoms with E-state index in [0.717, 1.165) is 9.13 Å². The molecule has 1 aromatic carbocycles. The van der Waals surface area contributed by atoms with Gasteiger partial charge in [-0.25, -0.2) is 4.79 Å². The first-order valence-corrected chi connectivity index (χ1v) is 7.99. The molecule has 2 atom stereocenters. The Bertz CT molecular complexity index is 571. The van der Waals surface area contributed by atoms with Crippen LogP contribution in [0.5, 0.6) is 0 Å². The molecule has 1 aliphatic heterocycles. The predicted octanol–water partition coefficient (Wildman–Crippen LogP) is 2.98. The van der Waals surface area contributed by atoms with Crippen molar-refractivity contribution in [3.63, 3.8) is 0 Å². The lowest BCUT2D eigenvalue weighted by atomic mass is 10.1. The molecule has 0 aromatic heterocycles. The van der Waals surface area contributed by atoms with Gasteiger partial charge in [0.25, 0.3) is 5.91 Å². The minimum Gasteiger partial charge on any atom is -0.465 e. The first kappa shape index (κ1) is 16.4. The van der Waals surface area contributed by atoms with Gasteiger partial charge in [0.15, 0.2) is 0 Å². The summed E-state index contributed by atoms with van der Waals surface area (Å²) < 4.78 is 0.810. The summed E-state index contributed by atoms with van der Waals surface area (Å²) in [6.07, 6.45) is -1.06. The average Bonchev–Trinajstić information content (AvgIpc) is 2.68. The van der Waals surface area contributed by atoms with Crippen LogP contribution in [-0.4, -0.2) is 41.1 Å². The second kappa shape index (κ2) is 6.39. The molecular formula is C14H16ClIN2O3. The molecule has 1 saturated heterocycles. The van der Waals surface area contributed by atoms with E-state index in [0.29, 0.717) is 23.7 Å². The van der Waals surface area contributed by atoms with Gasteiger partial charge in [0.1, 0.15) is 0 Å². The van der Waals surface area contributed by atoms with Crippen molar-refractivity contribution in [2.24, 2.45) is 5.92 Å². The highest BCUT2D eigenvalue weighted by molar-refractivity contribution is 14.1. The van der Waals surface area contributed by atoms with Crippen molar-refractivity contribution < 1.29 is 14.7 Å². The number of nitrogens with zero attached hydrogens (tertiary/aromatic N) is 1. The zero-order chi connectivity index (χ0) is 15.7. The highest BCUT2D eigenvalue weighted by Crippen LogP contribution is 2.26. The summed E-state index contributed by atoms with van der Waals surface area (Å²) in [5, 5.41) is 11.9. The average molecular weight is 423 g/mol. The van der Waals surface area contributed by atoms with E-state index < -0.39 is 6.09 Å². The number of halogens is 2. The van der Waals surface area contributed by atoms with E-state index in [-0.39, 0.29) is 17.9 Å². The second-order valence-electron chi connectivity index (χ2n) is 5.32. The molecule has 0 spiro atoms. The zero-order valence-corrected chi connectivity index (χ0v) is 14.6. The molecule has 1 aliphatic rings. The Labute approximate surface area is 141 Å². The molecule has 2 N–H and O–H groups in total. The number of hydrogen-bond acceptors (Lipinski definition) is 2. The summed E-state index contributed by atoms with van der Waals surface area (Å²) in [5.74, 6) is 0.0189. The molecule has 5 nitrogen and oxygen atoms in total. The minimum atomic E-state index is -1.06.